The molecule has 1 unspecified atom stereocenters. The fourth-order valence-electron chi connectivity index (χ4n) is 2.25. The van der Waals surface area contributed by atoms with Crippen LogP contribution in [0.2, 0.25) is 0 Å². The molecular formula is C12H21N5O2S. The molecule has 1 aromatic heterocycles. The Morgan fingerprint density at radius 1 is 1.40 bits per heavy atom. The number of hydrogen-bond acceptors (Lipinski definition) is 6. The summed E-state index contributed by atoms with van der Waals surface area (Å²) < 4.78 is 26.9. The van der Waals surface area contributed by atoms with Gasteiger partial charge in [0.25, 0.3) is 0 Å². The number of pyridine rings is 1. The van der Waals surface area contributed by atoms with Crippen LogP contribution in [0.4, 0.5) is 5.82 Å². The first-order valence-corrected chi connectivity index (χ1v) is 8.17. The zero-order valence-electron chi connectivity index (χ0n) is 11.5. The Morgan fingerprint density at radius 3 is 2.65 bits per heavy atom. The molecule has 1 saturated heterocycles. The first-order valence-electron chi connectivity index (χ1n) is 6.69. The predicted octanol–water partition coefficient (Wildman–Crippen LogP) is 0.130. The normalized spacial score (nSPS) is 18.1. The Morgan fingerprint density at radius 2 is 2.10 bits per heavy atom. The Balaban J connectivity index is 1.95. The molecule has 0 aliphatic carbocycles. The molecule has 0 amide bonds. The van der Waals surface area contributed by atoms with E-state index in [-0.39, 0.29) is 10.9 Å². The van der Waals surface area contributed by atoms with E-state index in [9.17, 15) is 8.42 Å². The molecule has 0 bridgehead atoms. The van der Waals surface area contributed by atoms with Gasteiger partial charge in [0.05, 0.1) is 0 Å². The summed E-state index contributed by atoms with van der Waals surface area (Å²) in [6.07, 6.45) is 3.67. The van der Waals surface area contributed by atoms with E-state index in [0.29, 0.717) is 12.4 Å². The lowest BCUT2D eigenvalue weighted by atomic mass is 10.3. The van der Waals surface area contributed by atoms with Crippen LogP contribution >= 0.6 is 0 Å². The van der Waals surface area contributed by atoms with Crippen LogP contribution in [-0.2, 0) is 10.0 Å². The maximum atomic E-state index is 12.1. The van der Waals surface area contributed by atoms with Gasteiger partial charge in [-0.15, -0.1) is 0 Å². The van der Waals surface area contributed by atoms with Gasteiger partial charge in [-0.25, -0.2) is 24.0 Å². The average Bonchev–Trinajstić information content (AvgIpc) is 2.99. The van der Waals surface area contributed by atoms with Gasteiger partial charge in [0.15, 0.2) is 0 Å². The molecule has 8 heteroatoms. The second-order valence-corrected chi connectivity index (χ2v) is 6.73. The van der Waals surface area contributed by atoms with Gasteiger partial charge in [0.2, 0.25) is 10.0 Å². The zero-order chi connectivity index (χ0) is 14.6. The summed E-state index contributed by atoms with van der Waals surface area (Å²) in [4.78, 5) is 6.34. The maximum absolute atomic E-state index is 12.1. The van der Waals surface area contributed by atoms with Crippen molar-refractivity contribution in [1.29, 1.82) is 0 Å². The second kappa shape index (κ2) is 6.49. The number of anilines is 1. The van der Waals surface area contributed by atoms with Crippen molar-refractivity contribution in [2.75, 3.05) is 25.1 Å². The molecule has 20 heavy (non-hydrogen) atoms. The van der Waals surface area contributed by atoms with Crippen molar-refractivity contribution in [3.05, 3.63) is 18.3 Å². The van der Waals surface area contributed by atoms with Crippen LogP contribution in [0, 0.1) is 0 Å². The van der Waals surface area contributed by atoms with Gasteiger partial charge in [-0.05, 0) is 45.0 Å². The third kappa shape index (κ3) is 3.66. The van der Waals surface area contributed by atoms with Crippen LogP contribution in [0.5, 0.6) is 0 Å². The first-order chi connectivity index (χ1) is 9.53. The van der Waals surface area contributed by atoms with Gasteiger partial charge in [0.1, 0.15) is 10.7 Å². The highest BCUT2D eigenvalue weighted by Crippen LogP contribution is 2.13. The Labute approximate surface area is 119 Å². The predicted molar refractivity (Wildman–Crippen MR) is 77.5 cm³/mol. The largest absolute Gasteiger partial charge is 0.308 e. The van der Waals surface area contributed by atoms with Gasteiger partial charge in [0, 0.05) is 18.8 Å². The second-order valence-electron chi connectivity index (χ2n) is 4.97. The number of hydrogen-bond donors (Lipinski definition) is 3. The summed E-state index contributed by atoms with van der Waals surface area (Å²) in [5.74, 6) is 5.62. The molecule has 1 fully saturated rings. The molecule has 1 aliphatic rings. The van der Waals surface area contributed by atoms with Crippen molar-refractivity contribution in [2.45, 2.75) is 30.7 Å². The summed E-state index contributed by atoms with van der Waals surface area (Å²) in [7, 11) is -3.52. The molecule has 1 aliphatic heterocycles. The van der Waals surface area contributed by atoms with E-state index in [0.717, 1.165) is 13.1 Å². The maximum Gasteiger partial charge on any atom is 0.242 e. The minimum atomic E-state index is -3.52. The molecule has 0 spiro atoms. The lowest BCUT2D eigenvalue weighted by Gasteiger charge is -2.23. The van der Waals surface area contributed by atoms with Crippen LogP contribution in [0.3, 0.4) is 0 Å². The fourth-order valence-corrected chi connectivity index (χ4v) is 3.32. The van der Waals surface area contributed by atoms with Crippen LogP contribution in [0.1, 0.15) is 19.8 Å². The van der Waals surface area contributed by atoms with Crippen molar-refractivity contribution in [1.82, 2.24) is 14.6 Å². The van der Waals surface area contributed by atoms with Crippen molar-refractivity contribution in [3.63, 3.8) is 0 Å². The van der Waals surface area contributed by atoms with Crippen molar-refractivity contribution in [2.24, 2.45) is 5.84 Å². The minimum Gasteiger partial charge on any atom is -0.308 e. The number of nitrogens with two attached hydrogens (primary N) is 1. The van der Waals surface area contributed by atoms with Gasteiger partial charge in [-0.3, -0.25) is 4.90 Å². The number of hydrazine groups is 1. The van der Waals surface area contributed by atoms with Gasteiger partial charge < -0.3 is 5.43 Å². The molecule has 0 radical (unpaired) electrons. The molecular weight excluding hydrogens is 278 g/mol. The lowest BCUT2D eigenvalue weighted by Crippen LogP contribution is -2.40. The highest BCUT2D eigenvalue weighted by Gasteiger charge is 2.21. The third-order valence-electron chi connectivity index (χ3n) is 3.53. The Hall–Kier alpha value is -1.22. The lowest BCUT2D eigenvalue weighted by molar-refractivity contribution is 0.260. The highest BCUT2D eigenvalue weighted by molar-refractivity contribution is 7.89. The van der Waals surface area contributed by atoms with Crippen LogP contribution in [0.15, 0.2) is 23.2 Å². The summed E-state index contributed by atoms with van der Waals surface area (Å²) in [6, 6.07) is 3.20. The first kappa shape index (κ1) is 15.2. The van der Waals surface area contributed by atoms with Crippen molar-refractivity contribution >= 4 is 15.8 Å². The van der Waals surface area contributed by atoms with Gasteiger partial charge in [-0.2, -0.15) is 0 Å². The molecule has 1 aromatic rings. The van der Waals surface area contributed by atoms with Gasteiger partial charge in [-0.1, -0.05) is 0 Å². The fraction of sp³-hybridized carbons (Fsp3) is 0.583. The molecule has 7 nitrogen and oxygen atoms in total. The van der Waals surface area contributed by atoms with E-state index in [4.69, 9.17) is 5.84 Å². The highest BCUT2D eigenvalue weighted by atomic mass is 32.2. The number of nitrogens with zero attached hydrogens (tertiary/aromatic N) is 2. The molecule has 0 saturated carbocycles. The molecule has 0 aromatic carbocycles. The summed E-state index contributed by atoms with van der Waals surface area (Å²) in [5.41, 5.74) is 2.36. The van der Waals surface area contributed by atoms with E-state index >= 15 is 0 Å². The summed E-state index contributed by atoms with van der Waals surface area (Å²) in [5, 5.41) is 0. The minimum absolute atomic E-state index is 0.144. The van der Waals surface area contributed by atoms with Gasteiger partial charge >= 0.3 is 0 Å². The Kier molecular flexibility index (Phi) is 4.92. The molecule has 4 N–H and O–H groups in total. The molecule has 2 heterocycles. The van der Waals surface area contributed by atoms with E-state index in [1.54, 1.807) is 0 Å². The number of rotatable bonds is 6. The monoisotopic (exact) mass is 299 g/mol. The smallest absolute Gasteiger partial charge is 0.242 e. The zero-order valence-corrected chi connectivity index (χ0v) is 12.4. The van der Waals surface area contributed by atoms with E-state index in [1.807, 2.05) is 6.92 Å². The third-order valence-corrected chi connectivity index (χ3v) is 4.94. The number of nitrogens with one attached hydrogen (secondary N) is 2. The van der Waals surface area contributed by atoms with Crippen LogP contribution < -0.4 is 16.0 Å². The average molecular weight is 299 g/mol. The summed E-state index contributed by atoms with van der Waals surface area (Å²) >= 11 is 0. The molecule has 112 valence electrons. The van der Waals surface area contributed by atoms with Crippen LogP contribution in [-0.4, -0.2) is 44.0 Å². The number of aromatic nitrogens is 1. The Bertz CT molecular complexity index is 525. The van der Waals surface area contributed by atoms with E-state index in [1.165, 1.54) is 31.2 Å². The van der Waals surface area contributed by atoms with E-state index in [2.05, 4.69) is 20.0 Å². The number of nitrogen functional groups attached to an aromatic ring is 1. The van der Waals surface area contributed by atoms with Crippen molar-refractivity contribution < 1.29 is 8.42 Å². The van der Waals surface area contributed by atoms with E-state index < -0.39 is 10.0 Å². The molecule has 2 rings (SSSR count). The number of likely N-dealkylation sites (tertiary alicyclic amines) is 1. The van der Waals surface area contributed by atoms with Crippen LogP contribution in [0.25, 0.3) is 0 Å². The quantitative estimate of drug-likeness (QED) is 0.510. The topological polar surface area (TPSA) is 100 Å². The number of sulfonamides is 1. The molecule has 1 atom stereocenters. The van der Waals surface area contributed by atoms with Crippen molar-refractivity contribution in [3.8, 4) is 0 Å². The summed E-state index contributed by atoms with van der Waals surface area (Å²) in [6.45, 7) is 4.52. The standard InChI is InChI=1S/C12H21N5O2S/c1-10(17-6-2-3-7-17)8-15-20(18,19)11-4-5-12(16-13)14-9-11/h4-5,9-10,15H,2-3,6-8,13H2,1H3,(H,14,16). The SMILES string of the molecule is CC(CNS(=O)(=O)c1ccc(NN)nc1)N1CCCC1.